The van der Waals surface area contributed by atoms with Crippen molar-refractivity contribution in [3.05, 3.63) is 0 Å². The summed E-state index contributed by atoms with van der Waals surface area (Å²) in [5.74, 6) is 0.00403. The first-order valence-corrected chi connectivity index (χ1v) is 6.03. The summed E-state index contributed by atoms with van der Waals surface area (Å²) in [7, 11) is 1.72. The molecule has 0 saturated heterocycles. The molecule has 15 heavy (non-hydrogen) atoms. The van der Waals surface area contributed by atoms with Crippen molar-refractivity contribution >= 4 is 22.8 Å². The third-order valence-electron chi connectivity index (χ3n) is 2.22. The van der Waals surface area contributed by atoms with Crippen LogP contribution in [-0.4, -0.2) is 35.4 Å². The molecule has 0 saturated carbocycles. The van der Waals surface area contributed by atoms with Gasteiger partial charge in [-0.05, 0) is 11.7 Å². The fourth-order valence-corrected chi connectivity index (χ4v) is 1.86. The summed E-state index contributed by atoms with van der Waals surface area (Å²) in [5, 5.41) is 6.30. The summed E-state index contributed by atoms with van der Waals surface area (Å²) >= 11 is 1.42. The summed E-state index contributed by atoms with van der Waals surface area (Å²) in [6.07, 6.45) is 1.88. The number of amides is 1. The average molecular weight is 230 g/mol. The molecule has 0 aromatic rings. The lowest BCUT2D eigenvalue weighted by atomic mass is 9.86. The molecule has 0 bridgehead atoms. The molecule has 0 aliphatic carbocycles. The van der Waals surface area contributed by atoms with E-state index in [1.165, 1.54) is 16.8 Å². The number of hydrazine groups is 1. The smallest absolute Gasteiger partial charge is 0.267 e. The van der Waals surface area contributed by atoms with E-state index in [0.717, 1.165) is 0 Å². The number of carbonyl (C=O) groups is 1. The van der Waals surface area contributed by atoms with E-state index < -0.39 is 0 Å². The Balaban J connectivity index is 2.94. The Morgan fingerprint density at radius 1 is 1.53 bits per heavy atom. The molecular weight excluding hydrogens is 212 g/mol. The zero-order chi connectivity index (χ0) is 11.6. The van der Waals surface area contributed by atoms with E-state index in [4.69, 9.17) is 0 Å². The second-order valence-corrected chi connectivity index (χ2v) is 5.20. The summed E-state index contributed by atoms with van der Waals surface area (Å²) in [4.78, 5) is 12.1. The first-order valence-electron chi connectivity index (χ1n) is 4.80. The van der Waals surface area contributed by atoms with Crippen LogP contribution in [-0.2, 0) is 4.79 Å². The highest BCUT2D eigenvalue weighted by Gasteiger charge is 2.38. The normalized spacial score (nSPS) is 22.5. The average Bonchev–Trinajstić information content (AvgIpc) is 2.15. The fraction of sp³-hybridized carbons (Fsp3) is 0.778. The predicted molar refractivity (Wildman–Crippen MR) is 63.2 cm³/mol. The van der Waals surface area contributed by atoms with Crippen LogP contribution in [0.3, 0.4) is 0 Å². The minimum Gasteiger partial charge on any atom is -0.294 e. The maximum Gasteiger partial charge on any atom is 0.267 e. The molecule has 2 N–H and O–H groups in total. The molecule has 1 unspecified atom stereocenters. The Morgan fingerprint density at radius 3 is 2.53 bits per heavy atom. The van der Waals surface area contributed by atoms with Gasteiger partial charge in [0.15, 0.2) is 0 Å². The lowest BCUT2D eigenvalue weighted by Gasteiger charge is -2.36. The third kappa shape index (κ3) is 2.43. The number of hydrogen-bond donors (Lipinski definition) is 2. The van der Waals surface area contributed by atoms with E-state index in [1.54, 1.807) is 7.05 Å². The Kier molecular flexibility index (Phi) is 3.62. The number of nitrogens with one attached hydrogen (secondary N) is 2. The minimum absolute atomic E-state index is 0.00403. The number of amidine groups is 1. The van der Waals surface area contributed by atoms with Crippen LogP contribution in [0.4, 0.5) is 0 Å². The molecule has 1 aliphatic heterocycles. The third-order valence-corrected chi connectivity index (χ3v) is 2.86. The maximum absolute atomic E-state index is 12.1. The van der Waals surface area contributed by atoms with Gasteiger partial charge in [0.05, 0.1) is 0 Å². The number of thioether (sulfide) groups is 1. The van der Waals surface area contributed by atoms with Crippen molar-refractivity contribution in [2.45, 2.75) is 26.8 Å². The lowest BCUT2D eigenvalue weighted by molar-refractivity contribution is -0.135. The van der Waals surface area contributed by atoms with Crippen LogP contribution in [0.25, 0.3) is 0 Å². The molecule has 0 aromatic carbocycles. The Bertz CT molecular complexity index is 284. The molecule has 5 nitrogen and oxygen atoms in total. The van der Waals surface area contributed by atoms with E-state index in [2.05, 4.69) is 16.0 Å². The Morgan fingerprint density at radius 2 is 2.13 bits per heavy atom. The van der Waals surface area contributed by atoms with Crippen LogP contribution >= 0.6 is 11.8 Å². The second kappa shape index (κ2) is 4.40. The summed E-state index contributed by atoms with van der Waals surface area (Å²) in [5.41, 5.74) is 5.61. The zero-order valence-corrected chi connectivity index (χ0v) is 10.6. The molecule has 6 heteroatoms. The van der Waals surface area contributed by atoms with E-state index in [9.17, 15) is 4.79 Å². The Hall–Kier alpha value is -0.750. The van der Waals surface area contributed by atoms with Gasteiger partial charge in [-0.15, -0.1) is 0 Å². The SMILES string of the molecule is CNN1C(=O)C(C(C)(C)C)NN=C1SC. The van der Waals surface area contributed by atoms with Crippen LogP contribution in [0.5, 0.6) is 0 Å². The number of rotatable bonds is 1. The molecule has 1 amide bonds. The highest BCUT2D eigenvalue weighted by Crippen LogP contribution is 2.23. The van der Waals surface area contributed by atoms with Gasteiger partial charge in [-0.2, -0.15) is 5.10 Å². The van der Waals surface area contributed by atoms with Gasteiger partial charge in [0, 0.05) is 7.05 Å². The summed E-state index contributed by atoms with van der Waals surface area (Å²) in [6, 6.07) is -0.291. The summed E-state index contributed by atoms with van der Waals surface area (Å²) < 4.78 is 0. The number of carbonyl (C=O) groups excluding carboxylic acids is 1. The molecular formula is C9H18N4OS. The van der Waals surface area contributed by atoms with Gasteiger partial charge < -0.3 is 0 Å². The van der Waals surface area contributed by atoms with Crippen LogP contribution in [0.2, 0.25) is 0 Å². The van der Waals surface area contributed by atoms with Gasteiger partial charge in [-0.25, -0.2) is 10.4 Å². The molecule has 1 aliphatic rings. The molecule has 86 valence electrons. The fourth-order valence-electron chi connectivity index (χ4n) is 1.36. The van der Waals surface area contributed by atoms with Crippen LogP contribution in [0.15, 0.2) is 5.10 Å². The number of nitrogens with zero attached hydrogens (tertiary/aromatic N) is 2. The van der Waals surface area contributed by atoms with Crippen molar-refractivity contribution in [1.82, 2.24) is 15.9 Å². The van der Waals surface area contributed by atoms with Crippen molar-refractivity contribution in [3.8, 4) is 0 Å². The van der Waals surface area contributed by atoms with Crippen molar-refractivity contribution in [1.29, 1.82) is 0 Å². The van der Waals surface area contributed by atoms with Gasteiger partial charge in [0.1, 0.15) is 6.04 Å². The molecule has 1 rings (SSSR count). The molecule has 1 heterocycles. The Labute approximate surface area is 94.6 Å². The molecule has 1 atom stereocenters. The second-order valence-electron chi connectivity index (χ2n) is 4.42. The van der Waals surface area contributed by atoms with E-state index >= 15 is 0 Å². The molecule has 0 spiro atoms. The largest absolute Gasteiger partial charge is 0.294 e. The van der Waals surface area contributed by atoms with Crippen molar-refractivity contribution in [3.63, 3.8) is 0 Å². The van der Waals surface area contributed by atoms with Crippen LogP contribution in [0, 0.1) is 5.41 Å². The lowest BCUT2D eigenvalue weighted by Crippen LogP contribution is -2.60. The monoisotopic (exact) mass is 230 g/mol. The van der Waals surface area contributed by atoms with E-state index in [1.807, 2.05) is 27.0 Å². The first-order chi connectivity index (χ1) is 6.91. The van der Waals surface area contributed by atoms with Gasteiger partial charge in [-0.1, -0.05) is 32.5 Å². The van der Waals surface area contributed by atoms with Gasteiger partial charge in [-0.3, -0.25) is 10.2 Å². The van der Waals surface area contributed by atoms with Gasteiger partial charge in [0.25, 0.3) is 5.91 Å². The minimum atomic E-state index is -0.291. The number of hydrogen-bond acceptors (Lipinski definition) is 5. The topological polar surface area (TPSA) is 56.7 Å². The standard InChI is InChI=1S/C9H18N4OS/c1-9(2,3)6-7(14)13(10-4)8(15-5)12-11-6/h6,10-11H,1-5H3. The molecule has 0 radical (unpaired) electrons. The van der Waals surface area contributed by atoms with Gasteiger partial charge in [0.2, 0.25) is 5.17 Å². The highest BCUT2D eigenvalue weighted by atomic mass is 32.2. The predicted octanol–water partition coefficient (Wildman–Crippen LogP) is 0.601. The first kappa shape index (κ1) is 12.3. The van der Waals surface area contributed by atoms with Crippen molar-refractivity contribution in [2.75, 3.05) is 13.3 Å². The quantitative estimate of drug-likeness (QED) is 0.692. The van der Waals surface area contributed by atoms with Crippen molar-refractivity contribution in [2.24, 2.45) is 10.5 Å². The van der Waals surface area contributed by atoms with E-state index in [-0.39, 0.29) is 17.4 Å². The highest BCUT2D eigenvalue weighted by molar-refractivity contribution is 8.13. The number of hydrazone groups is 1. The van der Waals surface area contributed by atoms with Crippen LogP contribution in [0.1, 0.15) is 20.8 Å². The molecule has 0 aromatic heterocycles. The van der Waals surface area contributed by atoms with E-state index in [0.29, 0.717) is 5.17 Å². The van der Waals surface area contributed by atoms with Crippen LogP contribution < -0.4 is 10.9 Å². The van der Waals surface area contributed by atoms with Gasteiger partial charge >= 0.3 is 0 Å². The summed E-state index contributed by atoms with van der Waals surface area (Å²) in [6.45, 7) is 6.03. The molecule has 0 fully saturated rings. The van der Waals surface area contributed by atoms with Crippen molar-refractivity contribution < 1.29 is 4.79 Å². The zero-order valence-electron chi connectivity index (χ0n) is 9.79. The maximum atomic E-state index is 12.1.